The molecule has 2 saturated heterocycles. The molecule has 0 saturated carbocycles. The van der Waals surface area contributed by atoms with E-state index >= 15 is 0 Å². The van der Waals surface area contributed by atoms with Crippen molar-refractivity contribution in [3.63, 3.8) is 0 Å². The third kappa shape index (κ3) is 4.17. The van der Waals surface area contributed by atoms with Gasteiger partial charge in [-0.3, -0.25) is 9.69 Å². The highest BCUT2D eigenvalue weighted by atomic mass is 32.2. The zero-order valence-corrected chi connectivity index (χ0v) is 14.0. The summed E-state index contributed by atoms with van der Waals surface area (Å²) in [5.41, 5.74) is 0. The second-order valence-corrected chi connectivity index (χ2v) is 10.5. The lowest BCUT2D eigenvalue weighted by Gasteiger charge is -2.28. The highest BCUT2D eigenvalue weighted by molar-refractivity contribution is 7.91. The number of carbonyl (C=O) groups excluding carboxylic acids is 1. The molecule has 0 bridgehead atoms. The van der Waals surface area contributed by atoms with Crippen LogP contribution in [0.4, 0.5) is 0 Å². The topological polar surface area (TPSA) is 91.8 Å². The highest BCUT2D eigenvalue weighted by Crippen LogP contribution is 2.19. The monoisotopic (exact) mass is 338 g/mol. The van der Waals surface area contributed by atoms with Gasteiger partial charge < -0.3 is 4.90 Å². The minimum absolute atomic E-state index is 0.0246. The van der Waals surface area contributed by atoms with Crippen LogP contribution in [0.15, 0.2) is 0 Å². The molecule has 2 fully saturated rings. The Morgan fingerprint density at radius 3 is 1.86 bits per heavy atom. The first kappa shape index (κ1) is 16.7. The second-order valence-electron chi connectivity index (χ2n) is 6.03. The third-order valence-electron chi connectivity index (χ3n) is 4.37. The molecule has 2 heterocycles. The predicted molar refractivity (Wildman–Crippen MR) is 79.5 cm³/mol. The zero-order chi connectivity index (χ0) is 15.8. The standard InChI is InChI=1S/C12H22N2O5S2/c1-13(10-3-5-20(16,17)8-10)7-12(15)14(2)11-4-6-21(18,19)9-11/h10-11H,3-9H2,1-2H3. The third-order valence-corrected chi connectivity index (χ3v) is 7.87. The molecule has 2 unspecified atom stereocenters. The average molecular weight is 338 g/mol. The fourth-order valence-electron chi connectivity index (χ4n) is 2.86. The first-order valence-corrected chi connectivity index (χ1v) is 10.6. The molecule has 0 spiro atoms. The van der Waals surface area contributed by atoms with Gasteiger partial charge >= 0.3 is 0 Å². The normalized spacial score (nSPS) is 30.6. The Bertz CT molecular complexity index is 614. The van der Waals surface area contributed by atoms with Gasteiger partial charge in [-0.25, -0.2) is 16.8 Å². The molecular weight excluding hydrogens is 316 g/mol. The Hall–Kier alpha value is -0.670. The number of hydrogen-bond acceptors (Lipinski definition) is 6. The molecule has 0 aromatic heterocycles. The molecule has 2 rings (SSSR count). The fraction of sp³-hybridized carbons (Fsp3) is 0.917. The summed E-state index contributed by atoms with van der Waals surface area (Å²) in [6, 6.07) is -0.386. The molecule has 21 heavy (non-hydrogen) atoms. The van der Waals surface area contributed by atoms with Gasteiger partial charge in [-0.15, -0.1) is 0 Å². The number of amides is 1. The summed E-state index contributed by atoms with van der Waals surface area (Å²) in [6.45, 7) is 0.118. The summed E-state index contributed by atoms with van der Waals surface area (Å²) >= 11 is 0. The molecule has 0 aromatic rings. The summed E-state index contributed by atoms with van der Waals surface area (Å²) in [4.78, 5) is 15.5. The van der Waals surface area contributed by atoms with Gasteiger partial charge in [0.25, 0.3) is 0 Å². The number of likely N-dealkylation sites (N-methyl/N-ethyl adjacent to an activating group) is 2. The smallest absolute Gasteiger partial charge is 0.236 e. The molecule has 0 aromatic carbocycles. The van der Waals surface area contributed by atoms with Crippen molar-refractivity contribution in [2.24, 2.45) is 0 Å². The lowest BCUT2D eigenvalue weighted by Crippen LogP contribution is -2.45. The largest absolute Gasteiger partial charge is 0.341 e. The summed E-state index contributed by atoms with van der Waals surface area (Å²) in [5, 5.41) is 0. The Labute approximate surface area is 126 Å². The molecule has 2 aliphatic rings. The van der Waals surface area contributed by atoms with E-state index in [4.69, 9.17) is 0 Å². The predicted octanol–water partition coefficient (Wildman–Crippen LogP) is -1.25. The van der Waals surface area contributed by atoms with Crippen LogP contribution in [0.25, 0.3) is 0 Å². The molecule has 9 heteroatoms. The minimum atomic E-state index is -3.02. The highest BCUT2D eigenvalue weighted by Gasteiger charge is 2.35. The molecule has 0 aliphatic carbocycles. The maximum Gasteiger partial charge on any atom is 0.236 e. The molecular formula is C12H22N2O5S2. The quantitative estimate of drug-likeness (QED) is 0.636. The van der Waals surface area contributed by atoms with Crippen LogP contribution in [0.5, 0.6) is 0 Å². The molecule has 0 N–H and O–H groups in total. The number of sulfone groups is 2. The van der Waals surface area contributed by atoms with Gasteiger partial charge in [0.15, 0.2) is 19.7 Å². The van der Waals surface area contributed by atoms with Gasteiger partial charge in [-0.05, 0) is 19.9 Å². The van der Waals surface area contributed by atoms with E-state index in [1.165, 1.54) is 4.90 Å². The fourth-order valence-corrected chi connectivity index (χ4v) is 6.44. The summed E-state index contributed by atoms with van der Waals surface area (Å²) in [5.74, 6) is 0.262. The SMILES string of the molecule is CN(CC(=O)N(C)C1CCS(=O)(=O)C1)C1CCS(=O)(=O)C1. The number of hydrogen-bond donors (Lipinski definition) is 0. The van der Waals surface area contributed by atoms with Crippen molar-refractivity contribution in [2.45, 2.75) is 24.9 Å². The van der Waals surface area contributed by atoms with E-state index in [1.807, 2.05) is 0 Å². The molecule has 1 amide bonds. The number of carbonyl (C=O) groups is 1. The van der Waals surface area contributed by atoms with E-state index in [0.717, 1.165) is 0 Å². The van der Waals surface area contributed by atoms with Gasteiger partial charge in [-0.1, -0.05) is 0 Å². The number of nitrogens with zero attached hydrogens (tertiary/aromatic N) is 2. The van der Waals surface area contributed by atoms with Crippen molar-refractivity contribution in [2.75, 3.05) is 43.7 Å². The maximum absolute atomic E-state index is 12.2. The summed E-state index contributed by atoms with van der Waals surface area (Å²) in [6.07, 6.45) is 1.03. The molecule has 0 radical (unpaired) electrons. The molecule has 2 atom stereocenters. The molecule has 2 aliphatic heterocycles. The van der Waals surface area contributed by atoms with E-state index in [2.05, 4.69) is 0 Å². The lowest BCUT2D eigenvalue weighted by molar-refractivity contribution is -0.132. The van der Waals surface area contributed by atoms with Gasteiger partial charge in [-0.2, -0.15) is 0 Å². The van der Waals surface area contributed by atoms with Crippen LogP contribution in [-0.4, -0.2) is 88.3 Å². The van der Waals surface area contributed by atoms with E-state index in [1.54, 1.807) is 19.0 Å². The number of rotatable bonds is 4. The maximum atomic E-state index is 12.2. The van der Waals surface area contributed by atoms with Gasteiger partial charge in [0, 0.05) is 19.1 Å². The molecule has 122 valence electrons. The van der Waals surface area contributed by atoms with Crippen LogP contribution in [0, 0.1) is 0 Å². The van der Waals surface area contributed by atoms with Crippen LogP contribution >= 0.6 is 0 Å². The lowest BCUT2D eigenvalue weighted by atomic mass is 10.2. The second kappa shape index (κ2) is 5.85. The average Bonchev–Trinajstić information content (AvgIpc) is 2.90. The molecule has 7 nitrogen and oxygen atoms in total. The zero-order valence-electron chi connectivity index (χ0n) is 12.4. The van der Waals surface area contributed by atoms with Crippen molar-refractivity contribution >= 4 is 25.6 Å². The Balaban J connectivity index is 1.89. The van der Waals surface area contributed by atoms with Gasteiger partial charge in [0.1, 0.15) is 0 Å². The first-order valence-electron chi connectivity index (χ1n) is 6.96. The Morgan fingerprint density at radius 2 is 1.43 bits per heavy atom. The van der Waals surface area contributed by atoms with Crippen LogP contribution in [0.3, 0.4) is 0 Å². The van der Waals surface area contributed by atoms with Gasteiger partial charge in [0.05, 0.1) is 29.6 Å². The Morgan fingerprint density at radius 1 is 0.952 bits per heavy atom. The van der Waals surface area contributed by atoms with Crippen molar-refractivity contribution in [1.29, 1.82) is 0 Å². The van der Waals surface area contributed by atoms with Crippen molar-refractivity contribution < 1.29 is 21.6 Å². The van der Waals surface area contributed by atoms with E-state index in [9.17, 15) is 21.6 Å². The van der Waals surface area contributed by atoms with Crippen LogP contribution in [0.1, 0.15) is 12.8 Å². The Kier molecular flexibility index (Phi) is 4.65. The van der Waals surface area contributed by atoms with Crippen molar-refractivity contribution in [1.82, 2.24) is 9.80 Å². The van der Waals surface area contributed by atoms with Crippen LogP contribution < -0.4 is 0 Å². The van der Waals surface area contributed by atoms with Crippen LogP contribution in [-0.2, 0) is 24.5 Å². The van der Waals surface area contributed by atoms with Gasteiger partial charge in [0.2, 0.25) is 5.91 Å². The van der Waals surface area contributed by atoms with Crippen molar-refractivity contribution in [3.05, 3.63) is 0 Å². The first-order chi connectivity index (χ1) is 9.60. The van der Waals surface area contributed by atoms with E-state index in [0.29, 0.717) is 12.8 Å². The van der Waals surface area contributed by atoms with Crippen molar-refractivity contribution in [3.8, 4) is 0 Å². The van der Waals surface area contributed by atoms with Crippen LogP contribution in [0.2, 0.25) is 0 Å². The van der Waals surface area contributed by atoms with E-state index in [-0.39, 0.29) is 47.5 Å². The summed E-state index contributed by atoms with van der Waals surface area (Å²) in [7, 11) is -2.64. The minimum Gasteiger partial charge on any atom is -0.341 e. The van der Waals surface area contributed by atoms with E-state index < -0.39 is 19.7 Å². The summed E-state index contributed by atoms with van der Waals surface area (Å²) < 4.78 is 45.8.